The Hall–Kier alpha value is -0.870. The summed E-state index contributed by atoms with van der Waals surface area (Å²) in [5.74, 6) is 0.104. The molecule has 0 aliphatic carbocycles. The van der Waals surface area contributed by atoms with Crippen LogP contribution in [0, 0.1) is 0 Å². The van der Waals surface area contributed by atoms with Crippen molar-refractivity contribution in [3.63, 3.8) is 0 Å². The predicted molar refractivity (Wildman–Crippen MR) is 83.1 cm³/mol. The van der Waals surface area contributed by atoms with Crippen LogP contribution in [0.25, 0.3) is 0 Å². The smallest absolute Gasteiger partial charge is 0.159 e. The predicted octanol–water partition coefficient (Wildman–Crippen LogP) is 3.18. The van der Waals surface area contributed by atoms with E-state index in [0.717, 1.165) is 28.8 Å². The van der Waals surface area contributed by atoms with E-state index in [0.29, 0.717) is 0 Å². The lowest BCUT2D eigenvalue weighted by Crippen LogP contribution is -2.31. The van der Waals surface area contributed by atoms with Crippen molar-refractivity contribution in [3.8, 4) is 0 Å². The highest BCUT2D eigenvalue weighted by atomic mass is 79.9. The summed E-state index contributed by atoms with van der Waals surface area (Å²) in [4.78, 5) is 16.1. The number of carbonyl (C=O) groups is 1. The number of rotatable bonds is 5. The number of anilines is 1. The van der Waals surface area contributed by atoms with Gasteiger partial charge in [-0.3, -0.25) is 4.79 Å². The average Bonchev–Trinajstić information content (AvgIpc) is 2.88. The Bertz CT molecular complexity index is 455. The molecular weight excluding hydrogens is 304 g/mol. The Balaban J connectivity index is 1.98. The van der Waals surface area contributed by atoms with E-state index in [1.54, 1.807) is 6.92 Å². The molecule has 0 atom stereocenters. The number of nitrogens with zero attached hydrogens (tertiary/aromatic N) is 2. The largest absolute Gasteiger partial charge is 0.372 e. The van der Waals surface area contributed by atoms with Crippen LogP contribution in [-0.4, -0.2) is 43.9 Å². The Labute approximate surface area is 123 Å². The van der Waals surface area contributed by atoms with Crippen LogP contribution in [0.3, 0.4) is 0 Å². The number of carbonyl (C=O) groups excluding carboxylic acids is 1. The van der Waals surface area contributed by atoms with Crippen LogP contribution in [0.1, 0.15) is 30.1 Å². The number of hydrogen-bond donors (Lipinski definition) is 0. The van der Waals surface area contributed by atoms with Crippen molar-refractivity contribution in [1.82, 2.24) is 4.90 Å². The lowest BCUT2D eigenvalue weighted by molar-refractivity contribution is 0.101. The van der Waals surface area contributed by atoms with Crippen LogP contribution in [0.4, 0.5) is 5.69 Å². The molecule has 4 heteroatoms. The van der Waals surface area contributed by atoms with Crippen molar-refractivity contribution in [2.75, 3.05) is 38.1 Å². The third-order valence-corrected chi connectivity index (χ3v) is 4.35. The molecule has 0 bridgehead atoms. The lowest BCUT2D eigenvalue weighted by Gasteiger charge is -2.24. The molecule has 104 valence electrons. The Morgan fingerprint density at radius 1 is 1.37 bits per heavy atom. The summed E-state index contributed by atoms with van der Waals surface area (Å²) in [5.41, 5.74) is 1.90. The zero-order valence-corrected chi connectivity index (χ0v) is 13.2. The first-order valence-electron chi connectivity index (χ1n) is 6.82. The first-order valence-corrected chi connectivity index (χ1v) is 7.61. The zero-order chi connectivity index (χ0) is 13.8. The fraction of sp³-hybridized carbons (Fsp3) is 0.533. The number of likely N-dealkylation sites (tertiary alicyclic amines) is 1. The molecule has 0 aromatic heterocycles. The second-order valence-electron chi connectivity index (χ2n) is 5.19. The molecule has 2 rings (SSSR count). The van der Waals surface area contributed by atoms with E-state index >= 15 is 0 Å². The van der Waals surface area contributed by atoms with E-state index < -0.39 is 0 Å². The molecule has 1 aromatic carbocycles. The second kappa shape index (κ2) is 6.53. The molecule has 1 fully saturated rings. The van der Waals surface area contributed by atoms with Gasteiger partial charge in [-0.2, -0.15) is 0 Å². The van der Waals surface area contributed by atoms with Gasteiger partial charge in [0, 0.05) is 30.2 Å². The van der Waals surface area contributed by atoms with Gasteiger partial charge in [-0.1, -0.05) is 0 Å². The van der Waals surface area contributed by atoms with Crippen molar-refractivity contribution < 1.29 is 4.79 Å². The van der Waals surface area contributed by atoms with Gasteiger partial charge in [-0.15, -0.1) is 0 Å². The summed E-state index contributed by atoms with van der Waals surface area (Å²) in [7, 11) is 2.10. The van der Waals surface area contributed by atoms with E-state index in [4.69, 9.17) is 0 Å². The van der Waals surface area contributed by atoms with Crippen molar-refractivity contribution in [2.45, 2.75) is 19.8 Å². The van der Waals surface area contributed by atoms with Crippen molar-refractivity contribution in [1.29, 1.82) is 0 Å². The number of ketones is 1. The van der Waals surface area contributed by atoms with Crippen molar-refractivity contribution >= 4 is 27.4 Å². The molecule has 0 spiro atoms. The fourth-order valence-electron chi connectivity index (χ4n) is 2.45. The lowest BCUT2D eigenvalue weighted by atomic mass is 10.1. The third-order valence-electron chi connectivity index (χ3n) is 3.72. The van der Waals surface area contributed by atoms with E-state index in [9.17, 15) is 4.79 Å². The second-order valence-corrected chi connectivity index (χ2v) is 6.05. The van der Waals surface area contributed by atoms with Crippen LogP contribution < -0.4 is 4.90 Å². The minimum atomic E-state index is 0.104. The summed E-state index contributed by atoms with van der Waals surface area (Å²) >= 11 is 3.56. The zero-order valence-electron chi connectivity index (χ0n) is 11.7. The molecular formula is C15H21BrN2O. The minimum absolute atomic E-state index is 0.104. The fourth-order valence-corrected chi connectivity index (χ4v) is 3.14. The minimum Gasteiger partial charge on any atom is -0.372 e. The molecule has 1 aromatic rings. The van der Waals surface area contributed by atoms with Crippen LogP contribution in [-0.2, 0) is 0 Å². The van der Waals surface area contributed by atoms with Gasteiger partial charge in [0.1, 0.15) is 0 Å². The maximum atomic E-state index is 11.3. The molecule has 1 aliphatic heterocycles. The molecule has 0 amide bonds. The van der Waals surface area contributed by atoms with Crippen LogP contribution in [0.2, 0.25) is 0 Å². The van der Waals surface area contributed by atoms with Gasteiger partial charge in [-0.25, -0.2) is 0 Å². The van der Waals surface area contributed by atoms with E-state index in [1.165, 1.54) is 25.9 Å². The van der Waals surface area contributed by atoms with Crippen molar-refractivity contribution in [3.05, 3.63) is 28.2 Å². The maximum Gasteiger partial charge on any atom is 0.159 e. The number of benzene rings is 1. The van der Waals surface area contributed by atoms with Gasteiger partial charge >= 0.3 is 0 Å². The normalized spacial score (nSPS) is 15.7. The topological polar surface area (TPSA) is 23.6 Å². The molecule has 1 heterocycles. The van der Waals surface area contributed by atoms with Gasteiger partial charge in [-0.05, 0) is 67.0 Å². The van der Waals surface area contributed by atoms with Gasteiger partial charge in [0.2, 0.25) is 0 Å². The summed E-state index contributed by atoms with van der Waals surface area (Å²) < 4.78 is 0.990. The Kier molecular flexibility index (Phi) is 4.99. The van der Waals surface area contributed by atoms with Gasteiger partial charge in [0.05, 0.1) is 5.69 Å². The third kappa shape index (κ3) is 3.80. The molecule has 1 aliphatic rings. The van der Waals surface area contributed by atoms with E-state index in [-0.39, 0.29) is 5.78 Å². The molecule has 3 nitrogen and oxygen atoms in total. The number of Topliss-reactive ketones (excluding diaryl/α,β-unsaturated/α-hetero) is 1. The van der Waals surface area contributed by atoms with Gasteiger partial charge in [0.25, 0.3) is 0 Å². The van der Waals surface area contributed by atoms with Crippen LogP contribution >= 0.6 is 15.9 Å². The summed E-state index contributed by atoms with van der Waals surface area (Å²) in [6.45, 7) is 6.19. The summed E-state index contributed by atoms with van der Waals surface area (Å²) in [6.07, 6.45) is 2.67. The first-order chi connectivity index (χ1) is 9.08. The van der Waals surface area contributed by atoms with E-state index in [2.05, 4.69) is 32.8 Å². The van der Waals surface area contributed by atoms with Gasteiger partial charge < -0.3 is 9.80 Å². The van der Waals surface area contributed by atoms with Crippen LogP contribution in [0.15, 0.2) is 22.7 Å². The highest BCUT2D eigenvalue weighted by molar-refractivity contribution is 9.10. The summed E-state index contributed by atoms with van der Waals surface area (Å²) in [5, 5.41) is 0. The summed E-state index contributed by atoms with van der Waals surface area (Å²) in [6, 6.07) is 5.82. The molecule has 0 unspecified atom stereocenters. The van der Waals surface area contributed by atoms with Gasteiger partial charge in [0.15, 0.2) is 5.78 Å². The van der Waals surface area contributed by atoms with E-state index in [1.807, 2.05) is 18.2 Å². The maximum absolute atomic E-state index is 11.3. The highest BCUT2D eigenvalue weighted by Crippen LogP contribution is 2.26. The number of halogens is 1. The highest BCUT2D eigenvalue weighted by Gasteiger charge is 2.13. The molecule has 0 N–H and O–H groups in total. The number of hydrogen-bond acceptors (Lipinski definition) is 3. The molecule has 19 heavy (non-hydrogen) atoms. The number of likely N-dealkylation sites (N-methyl/N-ethyl adjacent to an activating group) is 1. The SMILES string of the molecule is CC(=O)c1ccc(N(C)CCN2CCCC2)c(Br)c1. The average molecular weight is 325 g/mol. The molecule has 0 saturated carbocycles. The standard InChI is InChI=1S/C15H21BrN2O/c1-12(19)13-5-6-15(14(16)11-13)17(2)9-10-18-7-3-4-8-18/h5-6,11H,3-4,7-10H2,1-2H3. The molecule has 1 saturated heterocycles. The van der Waals surface area contributed by atoms with Crippen molar-refractivity contribution in [2.24, 2.45) is 0 Å². The quantitative estimate of drug-likeness (QED) is 0.777. The van der Waals surface area contributed by atoms with Crippen LogP contribution in [0.5, 0.6) is 0 Å². The Morgan fingerprint density at radius 2 is 2.05 bits per heavy atom. The first kappa shape index (κ1) is 14.5. The molecule has 0 radical (unpaired) electrons. The monoisotopic (exact) mass is 324 g/mol. The Morgan fingerprint density at radius 3 is 2.63 bits per heavy atom.